The summed E-state index contributed by atoms with van der Waals surface area (Å²) < 4.78 is 2.15. The number of quaternary nitrogens is 1. The predicted octanol–water partition coefficient (Wildman–Crippen LogP) is 2.90. The summed E-state index contributed by atoms with van der Waals surface area (Å²) >= 11 is 3.54. The molecule has 2 aromatic rings. The number of halogens is 2. The zero-order valence-corrected chi connectivity index (χ0v) is 20.0. The minimum atomic E-state index is -0.186. The Labute approximate surface area is 189 Å². The van der Waals surface area contributed by atoms with E-state index in [4.69, 9.17) is 0 Å². The zero-order chi connectivity index (χ0) is 19.1. The third-order valence-electron chi connectivity index (χ3n) is 6.09. The fourth-order valence-electron chi connectivity index (χ4n) is 4.53. The van der Waals surface area contributed by atoms with Crippen LogP contribution in [0.3, 0.4) is 0 Å². The monoisotopic (exact) mass is 509 g/mol. The van der Waals surface area contributed by atoms with Crippen LogP contribution in [-0.4, -0.2) is 35.3 Å². The van der Waals surface area contributed by atoms with Gasteiger partial charge in [-0.1, -0.05) is 78.2 Å². The molecule has 0 spiro atoms. The second-order valence-electron chi connectivity index (χ2n) is 8.24. The van der Waals surface area contributed by atoms with E-state index in [2.05, 4.69) is 77.5 Å². The second-order valence-corrected chi connectivity index (χ2v) is 9.15. The molecule has 0 radical (unpaired) electrons. The minimum absolute atomic E-state index is 0. The van der Waals surface area contributed by atoms with Gasteiger partial charge in [-0.3, -0.25) is 0 Å². The summed E-state index contributed by atoms with van der Waals surface area (Å²) in [7, 11) is 0. The van der Waals surface area contributed by atoms with Crippen molar-refractivity contribution in [2.24, 2.45) is 0 Å². The standard InChI is InChI=1S/C24H33BrNO.BrH/c1-2-3-9-24(27)19-26(18-20-10-12-23(25)13-11-20)16-14-22(15-17-26)21-7-5-4-6-8-21;/h4-8,10-13,22,24,27H,2-3,9,14-19H2,1H3;1H/q+1;/p-1. The van der Waals surface area contributed by atoms with Gasteiger partial charge in [-0.25, -0.2) is 0 Å². The lowest BCUT2D eigenvalue weighted by atomic mass is 9.87. The Bertz CT molecular complexity index is 682. The van der Waals surface area contributed by atoms with Crippen LogP contribution in [0.5, 0.6) is 0 Å². The first-order valence-corrected chi connectivity index (χ1v) is 11.2. The minimum Gasteiger partial charge on any atom is -1.00 e. The van der Waals surface area contributed by atoms with Crippen molar-refractivity contribution in [1.82, 2.24) is 0 Å². The maximum absolute atomic E-state index is 10.7. The Morgan fingerprint density at radius 1 is 1.04 bits per heavy atom. The zero-order valence-electron chi connectivity index (χ0n) is 16.9. The summed E-state index contributed by atoms with van der Waals surface area (Å²) in [5, 5.41) is 10.7. The van der Waals surface area contributed by atoms with Crippen molar-refractivity contribution in [1.29, 1.82) is 0 Å². The van der Waals surface area contributed by atoms with Crippen molar-refractivity contribution < 1.29 is 26.6 Å². The van der Waals surface area contributed by atoms with Crippen molar-refractivity contribution in [2.75, 3.05) is 19.6 Å². The van der Waals surface area contributed by atoms with Crippen LogP contribution >= 0.6 is 15.9 Å². The molecule has 1 aliphatic rings. The number of benzene rings is 2. The molecule has 1 saturated heterocycles. The van der Waals surface area contributed by atoms with Crippen molar-refractivity contribution in [3.8, 4) is 0 Å². The molecule has 4 heteroatoms. The lowest BCUT2D eigenvalue weighted by Crippen LogP contribution is -3.00. The van der Waals surface area contributed by atoms with Crippen LogP contribution in [0.4, 0.5) is 0 Å². The van der Waals surface area contributed by atoms with Crippen LogP contribution in [0.2, 0.25) is 0 Å². The molecule has 2 nitrogen and oxygen atoms in total. The molecule has 1 atom stereocenters. The van der Waals surface area contributed by atoms with Gasteiger partial charge < -0.3 is 26.6 Å². The van der Waals surface area contributed by atoms with Crippen LogP contribution in [-0.2, 0) is 6.54 Å². The van der Waals surface area contributed by atoms with Crippen LogP contribution in [0, 0.1) is 0 Å². The molecule has 1 heterocycles. The van der Waals surface area contributed by atoms with E-state index >= 15 is 0 Å². The first kappa shape index (κ1) is 23.6. The fraction of sp³-hybridized carbons (Fsp3) is 0.500. The molecule has 0 bridgehead atoms. The summed E-state index contributed by atoms with van der Waals surface area (Å²) in [6, 6.07) is 19.7. The van der Waals surface area contributed by atoms with Crippen LogP contribution in [0.15, 0.2) is 59.1 Å². The number of aliphatic hydroxyl groups excluding tert-OH is 1. The number of nitrogens with zero attached hydrogens (tertiary/aromatic N) is 1. The van der Waals surface area contributed by atoms with Gasteiger partial charge in [-0.2, -0.15) is 0 Å². The van der Waals surface area contributed by atoms with Gasteiger partial charge in [0.15, 0.2) is 0 Å². The molecule has 1 aliphatic heterocycles. The van der Waals surface area contributed by atoms with Gasteiger partial charge in [-0.05, 0) is 30.0 Å². The third kappa shape index (κ3) is 6.69. The molecule has 0 amide bonds. The summed E-state index contributed by atoms with van der Waals surface area (Å²) in [5.74, 6) is 0.662. The van der Waals surface area contributed by atoms with E-state index in [1.807, 2.05) is 0 Å². The third-order valence-corrected chi connectivity index (χ3v) is 6.62. The number of piperidine rings is 1. The molecule has 1 unspecified atom stereocenters. The molecule has 0 aliphatic carbocycles. The predicted molar refractivity (Wildman–Crippen MR) is 117 cm³/mol. The highest BCUT2D eigenvalue weighted by Crippen LogP contribution is 2.33. The smallest absolute Gasteiger partial charge is 0.105 e. The van der Waals surface area contributed by atoms with E-state index in [0.29, 0.717) is 5.92 Å². The van der Waals surface area contributed by atoms with Crippen molar-refractivity contribution in [3.05, 3.63) is 70.2 Å². The number of likely N-dealkylation sites (tertiary alicyclic amines) is 1. The summed E-state index contributed by atoms with van der Waals surface area (Å²) in [6.07, 6.45) is 5.43. The highest BCUT2D eigenvalue weighted by atomic mass is 79.9. The molecule has 0 aromatic heterocycles. The Kier molecular flexibility index (Phi) is 9.68. The first-order chi connectivity index (χ1) is 13.1. The Morgan fingerprint density at radius 2 is 1.68 bits per heavy atom. The average molecular weight is 511 g/mol. The molecule has 2 aromatic carbocycles. The quantitative estimate of drug-likeness (QED) is 0.541. The van der Waals surface area contributed by atoms with E-state index in [0.717, 1.165) is 54.4 Å². The molecule has 1 fully saturated rings. The van der Waals surface area contributed by atoms with Crippen molar-refractivity contribution >= 4 is 15.9 Å². The summed E-state index contributed by atoms with van der Waals surface area (Å²) in [4.78, 5) is 0. The molecular weight excluding hydrogens is 478 g/mol. The number of aliphatic hydroxyl groups is 1. The SMILES string of the molecule is CCCCC(O)C[N+]1(Cc2ccc(Br)cc2)CCC(c2ccccc2)CC1.[Br-]. The van der Waals surface area contributed by atoms with E-state index in [1.165, 1.54) is 24.0 Å². The lowest BCUT2D eigenvalue weighted by molar-refractivity contribution is -0.948. The number of rotatable bonds is 8. The summed E-state index contributed by atoms with van der Waals surface area (Å²) in [6.45, 7) is 6.41. The van der Waals surface area contributed by atoms with Crippen LogP contribution < -0.4 is 17.0 Å². The fourth-order valence-corrected chi connectivity index (χ4v) is 4.80. The molecule has 1 N–H and O–H groups in total. The topological polar surface area (TPSA) is 20.2 Å². The largest absolute Gasteiger partial charge is 1.00 e. The van der Waals surface area contributed by atoms with E-state index in [-0.39, 0.29) is 23.1 Å². The van der Waals surface area contributed by atoms with Gasteiger partial charge >= 0.3 is 0 Å². The van der Waals surface area contributed by atoms with Gasteiger partial charge in [0.05, 0.1) is 13.1 Å². The van der Waals surface area contributed by atoms with Crippen LogP contribution in [0.25, 0.3) is 0 Å². The van der Waals surface area contributed by atoms with Crippen molar-refractivity contribution in [3.63, 3.8) is 0 Å². The highest BCUT2D eigenvalue weighted by molar-refractivity contribution is 9.10. The molecule has 3 rings (SSSR count). The second kappa shape index (κ2) is 11.5. The van der Waals surface area contributed by atoms with E-state index in [9.17, 15) is 5.11 Å². The maximum atomic E-state index is 10.7. The Morgan fingerprint density at radius 3 is 2.29 bits per heavy atom. The lowest BCUT2D eigenvalue weighted by Gasteiger charge is -2.45. The molecule has 0 saturated carbocycles. The van der Waals surface area contributed by atoms with Gasteiger partial charge in [-0.15, -0.1) is 0 Å². The van der Waals surface area contributed by atoms with Gasteiger partial charge in [0, 0.05) is 22.9 Å². The number of hydrogen-bond donors (Lipinski definition) is 1. The highest BCUT2D eigenvalue weighted by Gasteiger charge is 2.36. The Hall–Kier alpha value is -0.680. The Balaban J connectivity index is 0.00000280. The molecular formula is C24H33Br2NO. The van der Waals surface area contributed by atoms with Gasteiger partial charge in [0.2, 0.25) is 0 Å². The van der Waals surface area contributed by atoms with Gasteiger partial charge in [0.25, 0.3) is 0 Å². The van der Waals surface area contributed by atoms with E-state index in [1.54, 1.807) is 0 Å². The summed E-state index contributed by atoms with van der Waals surface area (Å²) in [5.41, 5.74) is 2.85. The van der Waals surface area contributed by atoms with E-state index < -0.39 is 0 Å². The van der Waals surface area contributed by atoms with Crippen molar-refractivity contribution in [2.45, 2.75) is 57.6 Å². The molecule has 28 heavy (non-hydrogen) atoms. The maximum Gasteiger partial charge on any atom is 0.105 e. The normalized spacial score (nSPS) is 23.0. The number of hydrogen-bond acceptors (Lipinski definition) is 1. The first-order valence-electron chi connectivity index (χ1n) is 10.4. The van der Waals surface area contributed by atoms with Gasteiger partial charge in [0.1, 0.15) is 19.2 Å². The number of unbranched alkanes of at least 4 members (excludes halogenated alkanes) is 1. The average Bonchev–Trinajstić information content (AvgIpc) is 2.69. The van der Waals surface area contributed by atoms with Crippen LogP contribution in [0.1, 0.15) is 56.1 Å². The molecule has 154 valence electrons.